The first-order chi connectivity index (χ1) is 4.83. The van der Waals surface area contributed by atoms with Crippen molar-refractivity contribution in [3.05, 3.63) is 0 Å². The molecule has 0 radical (unpaired) electrons. The van der Waals surface area contributed by atoms with Gasteiger partial charge in [-0.25, -0.2) is 0 Å². The number of aliphatic carboxylic acids is 1. The lowest BCUT2D eigenvalue weighted by Crippen LogP contribution is -2.31. The van der Waals surface area contributed by atoms with E-state index in [1.54, 1.807) is 0 Å². The Morgan fingerprint density at radius 3 is 2.27 bits per heavy atom. The van der Waals surface area contributed by atoms with Gasteiger partial charge in [-0.15, -0.1) is 0 Å². The van der Waals surface area contributed by atoms with Gasteiger partial charge in [0.05, 0.1) is 0 Å². The summed E-state index contributed by atoms with van der Waals surface area (Å²) < 4.78 is 0. The second-order valence-electron chi connectivity index (χ2n) is 4.04. The first-order valence-electron chi connectivity index (χ1n) is 3.81. The highest BCUT2D eigenvalue weighted by Crippen LogP contribution is 2.20. The van der Waals surface area contributed by atoms with E-state index in [4.69, 9.17) is 10.8 Å². The van der Waals surface area contributed by atoms with Gasteiger partial charge in [0.25, 0.3) is 0 Å². The Labute approximate surface area is 67.6 Å². The molecule has 0 aromatic rings. The number of carboxylic acid groups (broad SMARTS) is 1. The lowest BCUT2D eigenvalue weighted by Gasteiger charge is -2.18. The van der Waals surface area contributed by atoms with Crippen molar-refractivity contribution in [1.82, 2.24) is 0 Å². The molecule has 0 spiro atoms. The topological polar surface area (TPSA) is 63.3 Å². The molecule has 0 rings (SSSR count). The number of hydrogen-bond donors (Lipinski definition) is 2. The van der Waals surface area contributed by atoms with Gasteiger partial charge in [0.1, 0.15) is 6.04 Å². The Balaban J connectivity index is 3.63. The second-order valence-corrected chi connectivity index (χ2v) is 4.04. The van der Waals surface area contributed by atoms with Gasteiger partial charge in [-0.3, -0.25) is 4.79 Å². The highest BCUT2D eigenvalue weighted by molar-refractivity contribution is 5.72. The minimum Gasteiger partial charge on any atom is -0.480 e. The molecule has 0 heterocycles. The van der Waals surface area contributed by atoms with Crippen LogP contribution < -0.4 is 5.73 Å². The molecule has 1 unspecified atom stereocenters. The Bertz CT molecular complexity index is 138. The molecular weight excluding hydrogens is 142 g/mol. The van der Waals surface area contributed by atoms with Crippen molar-refractivity contribution in [1.29, 1.82) is 0 Å². The fourth-order valence-corrected chi connectivity index (χ4v) is 0.712. The summed E-state index contributed by atoms with van der Waals surface area (Å²) in [5.74, 6) is -0.908. The fraction of sp³-hybridized carbons (Fsp3) is 0.875. The van der Waals surface area contributed by atoms with Crippen LogP contribution in [0.5, 0.6) is 0 Å². The van der Waals surface area contributed by atoms with Crippen molar-refractivity contribution >= 4 is 5.97 Å². The molecule has 0 bridgehead atoms. The van der Waals surface area contributed by atoms with E-state index < -0.39 is 12.0 Å². The van der Waals surface area contributed by atoms with Crippen LogP contribution in [0.4, 0.5) is 0 Å². The zero-order valence-corrected chi connectivity index (χ0v) is 7.42. The van der Waals surface area contributed by atoms with Gasteiger partial charge in [0, 0.05) is 0 Å². The van der Waals surface area contributed by atoms with Crippen molar-refractivity contribution in [3.8, 4) is 0 Å². The summed E-state index contributed by atoms with van der Waals surface area (Å²) in [6.45, 7) is 6.21. The molecule has 0 fully saturated rings. The maximum Gasteiger partial charge on any atom is 0.320 e. The lowest BCUT2D eigenvalue weighted by atomic mass is 9.89. The third-order valence-corrected chi connectivity index (χ3v) is 1.52. The highest BCUT2D eigenvalue weighted by Gasteiger charge is 2.16. The standard InChI is InChI=1S/C8H17NO2/c1-8(2,3)5-4-6(9)7(10)11/h6H,4-5,9H2,1-3H3,(H,10,11). The minimum atomic E-state index is -0.908. The zero-order chi connectivity index (χ0) is 9.07. The number of nitrogens with two attached hydrogens (primary N) is 1. The molecule has 0 aliphatic heterocycles. The van der Waals surface area contributed by atoms with Crippen LogP contribution in [0.15, 0.2) is 0 Å². The molecule has 3 nitrogen and oxygen atoms in total. The zero-order valence-electron chi connectivity index (χ0n) is 7.42. The predicted octanol–water partition coefficient (Wildman–Crippen LogP) is 1.22. The Kier molecular flexibility index (Phi) is 3.52. The van der Waals surface area contributed by atoms with Crippen molar-refractivity contribution in [2.45, 2.75) is 39.7 Å². The maximum atomic E-state index is 10.3. The Morgan fingerprint density at radius 1 is 1.55 bits per heavy atom. The summed E-state index contributed by atoms with van der Waals surface area (Å²) in [5, 5.41) is 8.45. The molecule has 0 aromatic heterocycles. The van der Waals surface area contributed by atoms with Gasteiger partial charge in [-0.05, 0) is 18.3 Å². The summed E-state index contributed by atoms with van der Waals surface area (Å²) in [6.07, 6.45) is 1.40. The van der Waals surface area contributed by atoms with Crippen molar-refractivity contribution in [2.24, 2.45) is 11.1 Å². The maximum absolute atomic E-state index is 10.3. The van der Waals surface area contributed by atoms with Crippen LogP contribution in [0.3, 0.4) is 0 Å². The van der Waals surface area contributed by atoms with Crippen LogP contribution in [0, 0.1) is 5.41 Å². The van der Waals surface area contributed by atoms with E-state index in [1.165, 1.54) is 0 Å². The number of carboxylic acids is 1. The van der Waals surface area contributed by atoms with Crippen LogP contribution >= 0.6 is 0 Å². The van der Waals surface area contributed by atoms with E-state index in [-0.39, 0.29) is 5.41 Å². The SMILES string of the molecule is CC(C)(C)CCC(N)C(=O)O. The van der Waals surface area contributed by atoms with Crippen LogP contribution in [0.25, 0.3) is 0 Å². The van der Waals surface area contributed by atoms with Crippen LogP contribution in [-0.2, 0) is 4.79 Å². The fourth-order valence-electron chi connectivity index (χ4n) is 0.712. The number of carbonyl (C=O) groups is 1. The molecule has 1 atom stereocenters. The van der Waals surface area contributed by atoms with Gasteiger partial charge >= 0.3 is 5.97 Å². The van der Waals surface area contributed by atoms with E-state index in [2.05, 4.69) is 20.8 Å². The Morgan fingerprint density at radius 2 is 2.00 bits per heavy atom. The van der Waals surface area contributed by atoms with Crippen molar-refractivity contribution < 1.29 is 9.90 Å². The van der Waals surface area contributed by atoms with Gasteiger partial charge in [-0.2, -0.15) is 0 Å². The van der Waals surface area contributed by atoms with Crippen LogP contribution in [0.2, 0.25) is 0 Å². The summed E-state index contributed by atoms with van der Waals surface area (Å²) in [6, 6.07) is -0.700. The van der Waals surface area contributed by atoms with E-state index in [1.807, 2.05) is 0 Å². The first kappa shape index (κ1) is 10.4. The van der Waals surface area contributed by atoms with Crippen molar-refractivity contribution in [3.63, 3.8) is 0 Å². The third-order valence-electron chi connectivity index (χ3n) is 1.52. The first-order valence-corrected chi connectivity index (χ1v) is 3.81. The molecule has 3 N–H and O–H groups in total. The second kappa shape index (κ2) is 3.72. The van der Waals surface area contributed by atoms with Crippen LogP contribution in [0.1, 0.15) is 33.6 Å². The lowest BCUT2D eigenvalue weighted by molar-refractivity contribution is -0.138. The van der Waals surface area contributed by atoms with E-state index in [9.17, 15) is 4.79 Å². The summed E-state index contributed by atoms with van der Waals surface area (Å²) in [5.41, 5.74) is 5.50. The normalized spacial score (nSPS) is 14.5. The third kappa shape index (κ3) is 5.85. The molecule has 0 aliphatic carbocycles. The molecule has 0 amide bonds. The average molecular weight is 159 g/mol. The number of hydrogen-bond acceptors (Lipinski definition) is 2. The van der Waals surface area contributed by atoms with Crippen LogP contribution in [-0.4, -0.2) is 17.1 Å². The predicted molar refractivity (Wildman–Crippen MR) is 44.3 cm³/mol. The molecule has 0 aliphatic rings. The molecule has 0 saturated carbocycles. The smallest absolute Gasteiger partial charge is 0.320 e. The van der Waals surface area contributed by atoms with E-state index in [0.717, 1.165) is 6.42 Å². The van der Waals surface area contributed by atoms with Crippen molar-refractivity contribution in [2.75, 3.05) is 0 Å². The Hall–Kier alpha value is -0.570. The molecular formula is C8H17NO2. The monoisotopic (exact) mass is 159 g/mol. The van der Waals surface area contributed by atoms with Gasteiger partial charge in [-0.1, -0.05) is 20.8 Å². The summed E-state index contributed by atoms with van der Waals surface area (Å²) in [7, 11) is 0. The molecule has 0 saturated heterocycles. The quantitative estimate of drug-likeness (QED) is 0.651. The van der Waals surface area contributed by atoms with Gasteiger partial charge < -0.3 is 10.8 Å². The number of rotatable bonds is 3. The molecule has 3 heteroatoms. The van der Waals surface area contributed by atoms with Gasteiger partial charge in [0.2, 0.25) is 0 Å². The minimum absolute atomic E-state index is 0.174. The molecule has 11 heavy (non-hydrogen) atoms. The highest BCUT2D eigenvalue weighted by atomic mass is 16.4. The van der Waals surface area contributed by atoms with Gasteiger partial charge in [0.15, 0.2) is 0 Å². The van der Waals surface area contributed by atoms with E-state index in [0.29, 0.717) is 6.42 Å². The molecule has 0 aromatic carbocycles. The average Bonchev–Trinajstić information content (AvgIpc) is 1.80. The molecule has 66 valence electrons. The van der Waals surface area contributed by atoms with E-state index >= 15 is 0 Å². The summed E-state index contributed by atoms with van der Waals surface area (Å²) >= 11 is 0. The largest absolute Gasteiger partial charge is 0.480 e. The summed E-state index contributed by atoms with van der Waals surface area (Å²) in [4.78, 5) is 10.3.